The Hall–Kier alpha value is -7.21. The summed E-state index contributed by atoms with van der Waals surface area (Å²) < 4.78 is 0. The first kappa shape index (κ1) is 43.9. The fraction of sp³-hybridized carbons (Fsp3) is 0.356. The second-order valence-corrected chi connectivity index (χ2v) is 16.2. The molecule has 3 aliphatic heterocycles. The monoisotopic (exact) mass is 857 g/mol. The van der Waals surface area contributed by atoms with Crippen LogP contribution in [0.3, 0.4) is 0 Å². The van der Waals surface area contributed by atoms with Crippen molar-refractivity contribution in [3.63, 3.8) is 0 Å². The minimum atomic E-state index is -1.08. The van der Waals surface area contributed by atoms with Crippen molar-refractivity contribution < 1.29 is 28.8 Å². The normalized spacial score (nSPS) is 16.5. The number of nitrogens with zero attached hydrogens (tertiary/aromatic N) is 4. The van der Waals surface area contributed by atoms with Gasteiger partial charge in [-0.3, -0.25) is 48.7 Å². The molecule has 0 aliphatic carbocycles. The quantitative estimate of drug-likeness (QED) is 0.0675. The van der Waals surface area contributed by atoms with Crippen LogP contribution >= 0.6 is 0 Å². The van der Waals surface area contributed by atoms with Gasteiger partial charge in [0.1, 0.15) is 11.9 Å². The van der Waals surface area contributed by atoms with Gasteiger partial charge in [-0.1, -0.05) is 6.07 Å². The number of imide groups is 2. The van der Waals surface area contributed by atoms with Crippen LogP contribution in [0.2, 0.25) is 0 Å². The molecule has 0 saturated carbocycles. The van der Waals surface area contributed by atoms with Crippen molar-refractivity contribution in [2.75, 3.05) is 61.3 Å². The number of hydrogen-bond acceptors (Lipinski definition) is 13. The summed E-state index contributed by atoms with van der Waals surface area (Å²) >= 11 is 0. The summed E-state index contributed by atoms with van der Waals surface area (Å²) in [7, 11) is 0. The Labute approximate surface area is 363 Å². The summed E-state index contributed by atoms with van der Waals surface area (Å²) in [5.41, 5.74) is 5.15. The van der Waals surface area contributed by atoms with Gasteiger partial charge in [0.2, 0.25) is 17.7 Å². The van der Waals surface area contributed by atoms with Gasteiger partial charge in [-0.15, -0.1) is 0 Å². The van der Waals surface area contributed by atoms with E-state index < -0.39 is 35.6 Å². The SMILES string of the molecule is Cc1cc(C)c(CNC(=O)c2cc(-c3ccc(N4CCN(CCNC(=O)CNc5cccc6c5C(=O)N(C5CCC(=O)NC5=O)C6=O)CC4)nc3)cc(NC(C)C)c2C=N)c(=O)[nH]1. The van der Waals surface area contributed by atoms with E-state index in [1.54, 1.807) is 31.3 Å². The average molecular weight is 858 g/mol. The Bertz CT molecular complexity index is 2550. The van der Waals surface area contributed by atoms with E-state index in [0.717, 1.165) is 52.4 Å². The van der Waals surface area contributed by atoms with E-state index in [1.165, 1.54) is 6.07 Å². The molecule has 4 aromatic rings. The van der Waals surface area contributed by atoms with Crippen LogP contribution in [0.25, 0.3) is 11.1 Å². The standard InChI is InChI=1S/C45H51N11O7/c1-25(2)51-35-20-29(19-31(32(35)21-46)41(59)50-23-33-26(3)18-27(4)52-42(33)60)28-8-10-37(49-22-28)55-16-14-54(15-17-55)13-12-47-39(58)24-48-34-7-5-6-30-40(34)45(63)56(44(30)62)36-9-11-38(57)53-43(36)61/h5-8,10,18-22,25,36,46,48,51H,9,11-17,23-24H2,1-4H3,(H,47,58)(H,50,59)(H,52,60)(H,53,57,61). The van der Waals surface area contributed by atoms with Crippen LogP contribution in [-0.4, -0.2) is 119 Å². The lowest BCUT2D eigenvalue weighted by Crippen LogP contribution is -2.54. The molecular weight excluding hydrogens is 807 g/mol. The van der Waals surface area contributed by atoms with Gasteiger partial charge in [0.15, 0.2) is 0 Å². The van der Waals surface area contributed by atoms with Gasteiger partial charge >= 0.3 is 0 Å². The van der Waals surface area contributed by atoms with Crippen LogP contribution in [0.5, 0.6) is 0 Å². The van der Waals surface area contributed by atoms with E-state index in [4.69, 9.17) is 10.4 Å². The summed E-state index contributed by atoms with van der Waals surface area (Å²) in [4.78, 5) is 103. The van der Waals surface area contributed by atoms with E-state index in [0.29, 0.717) is 54.2 Å². The highest BCUT2D eigenvalue weighted by molar-refractivity contribution is 6.25. The first-order chi connectivity index (χ1) is 30.2. The molecule has 0 spiro atoms. The molecule has 328 valence electrons. The third-order valence-corrected chi connectivity index (χ3v) is 11.4. The molecule has 1 atom stereocenters. The van der Waals surface area contributed by atoms with Crippen LogP contribution in [0.4, 0.5) is 17.2 Å². The van der Waals surface area contributed by atoms with Crippen molar-refractivity contribution in [2.24, 2.45) is 0 Å². The Morgan fingerprint density at radius 1 is 0.937 bits per heavy atom. The number of benzene rings is 2. The molecule has 2 saturated heterocycles. The lowest BCUT2D eigenvalue weighted by Gasteiger charge is -2.35. The summed E-state index contributed by atoms with van der Waals surface area (Å²) in [6, 6.07) is 13.1. The van der Waals surface area contributed by atoms with Gasteiger partial charge in [0, 0.05) is 104 Å². The fourth-order valence-electron chi connectivity index (χ4n) is 8.16. The molecule has 2 aromatic heterocycles. The summed E-state index contributed by atoms with van der Waals surface area (Å²) in [5.74, 6) is -2.31. The predicted octanol–water partition coefficient (Wildman–Crippen LogP) is 2.55. The van der Waals surface area contributed by atoms with Crippen molar-refractivity contribution in [3.8, 4) is 11.1 Å². The molecule has 2 fully saturated rings. The average Bonchev–Trinajstić information content (AvgIpc) is 3.51. The number of pyridine rings is 2. The maximum atomic E-state index is 13.7. The third kappa shape index (κ3) is 9.65. The first-order valence-corrected chi connectivity index (χ1v) is 20.9. The molecule has 63 heavy (non-hydrogen) atoms. The second-order valence-electron chi connectivity index (χ2n) is 16.2. The fourth-order valence-corrected chi connectivity index (χ4v) is 8.16. The Morgan fingerprint density at radius 2 is 1.71 bits per heavy atom. The number of piperazine rings is 1. The van der Waals surface area contributed by atoms with Crippen molar-refractivity contribution >= 4 is 58.9 Å². The maximum absolute atomic E-state index is 13.7. The first-order valence-electron chi connectivity index (χ1n) is 20.9. The van der Waals surface area contributed by atoms with E-state index in [2.05, 4.69) is 41.4 Å². The number of H-pyrrole nitrogens is 1. The van der Waals surface area contributed by atoms with Gasteiger partial charge in [0.25, 0.3) is 23.3 Å². The van der Waals surface area contributed by atoms with Gasteiger partial charge in [-0.05, 0) is 87.7 Å². The molecule has 0 radical (unpaired) electrons. The topological polar surface area (TPSA) is 242 Å². The molecule has 1 unspecified atom stereocenters. The van der Waals surface area contributed by atoms with Crippen LogP contribution < -0.4 is 37.0 Å². The highest BCUT2D eigenvalue weighted by Gasteiger charge is 2.45. The molecule has 0 bridgehead atoms. The Kier molecular flexibility index (Phi) is 13.1. The van der Waals surface area contributed by atoms with Gasteiger partial charge in [0.05, 0.1) is 23.2 Å². The number of amides is 6. The molecule has 7 rings (SSSR count). The highest BCUT2D eigenvalue weighted by atomic mass is 16.2. The number of piperidine rings is 1. The zero-order valence-electron chi connectivity index (χ0n) is 35.6. The van der Waals surface area contributed by atoms with Crippen molar-refractivity contribution in [1.29, 1.82) is 5.41 Å². The smallest absolute Gasteiger partial charge is 0.264 e. The van der Waals surface area contributed by atoms with E-state index in [1.807, 2.05) is 45.0 Å². The number of aromatic nitrogens is 2. The van der Waals surface area contributed by atoms with Crippen LogP contribution in [0, 0.1) is 19.3 Å². The summed E-state index contributed by atoms with van der Waals surface area (Å²) in [5, 5.41) is 22.5. The largest absolute Gasteiger partial charge is 0.382 e. The Morgan fingerprint density at radius 3 is 2.40 bits per heavy atom. The molecule has 7 N–H and O–H groups in total. The number of aromatic amines is 1. The van der Waals surface area contributed by atoms with Gasteiger partial charge < -0.3 is 36.6 Å². The number of fused-ring (bicyclic) bond motifs is 1. The molecular formula is C45H51N11O7. The molecule has 6 amide bonds. The summed E-state index contributed by atoms with van der Waals surface area (Å²) in [6.45, 7) is 11.4. The minimum Gasteiger partial charge on any atom is -0.382 e. The van der Waals surface area contributed by atoms with Gasteiger partial charge in [-0.2, -0.15) is 0 Å². The van der Waals surface area contributed by atoms with Gasteiger partial charge in [-0.25, -0.2) is 4.98 Å². The van der Waals surface area contributed by atoms with E-state index in [-0.39, 0.29) is 54.6 Å². The number of anilines is 3. The number of carbonyl (C=O) groups is 6. The predicted molar refractivity (Wildman–Crippen MR) is 237 cm³/mol. The third-order valence-electron chi connectivity index (χ3n) is 11.4. The molecule has 2 aromatic carbocycles. The number of nitrogens with one attached hydrogen (secondary N) is 7. The lowest BCUT2D eigenvalue weighted by molar-refractivity contribution is -0.136. The Balaban J connectivity index is 0.909. The van der Waals surface area contributed by atoms with E-state index in [9.17, 15) is 33.6 Å². The molecule has 18 nitrogen and oxygen atoms in total. The molecule has 18 heteroatoms. The van der Waals surface area contributed by atoms with Crippen LogP contribution in [-0.2, 0) is 20.9 Å². The number of hydrogen-bond donors (Lipinski definition) is 7. The highest BCUT2D eigenvalue weighted by Crippen LogP contribution is 2.33. The summed E-state index contributed by atoms with van der Waals surface area (Å²) in [6.07, 6.45) is 3.00. The molecule has 3 aliphatic rings. The van der Waals surface area contributed by atoms with Crippen molar-refractivity contribution in [1.82, 2.24) is 35.7 Å². The zero-order chi connectivity index (χ0) is 44.9. The number of carbonyl (C=O) groups excluding carboxylic acids is 6. The minimum absolute atomic E-state index is 0.0205. The number of rotatable bonds is 15. The molecule has 5 heterocycles. The van der Waals surface area contributed by atoms with Crippen LogP contribution in [0.1, 0.15) is 80.1 Å². The van der Waals surface area contributed by atoms with Crippen LogP contribution in [0.15, 0.2) is 59.5 Å². The van der Waals surface area contributed by atoms with E-state index >= 15 is 0 Å². The number of aryl methyl sites for hydroxylation is 2. The zero-order valence-corrected chi connectivity index (χ0v) is 35.6. The maximum Gasteiger partial charge on any atom is 0.264 e. The second kappa shape index (κ2) is 18.8. The van der Waals surface area contributed by atoms with Crippen molar-refractivity contribution in [3.05, 3.63) is 104 Å². The van der Waals surface area contributed by atoms with Crippen molar-refractivity contribution in [2.45, 2.75) is 59.2 Å². The lowest BCUT2D eigenvalue weighted by atomic mass is 9.97.